The standard InChI is InChI=1S/C22H20N2O2S/c1-13-4-6-15(3)18(8-13)19-12-27-22(23-19)24-21(25)10-16-11-26-20-9-14(2)5-7-17(16)20/h4-9,11-12H,10H2,1-3H3,(H,23,24,25). The first-order valence-corrected chi connectivity index (χ1v) is 9.67. The zero-order chi connectivity index (χ0) is 19.0. The monoisotopic (exact) mass is 376 g/mol. The number of nitrogens with zero attached hydrogens (tertiary/aromatic N) is 1. The van der Waals surface area contributed by atoms with Gasteiger partial charge in [0.2, 0.25) is 5.91 Å². The van der Waals surface area contributed by atoms with Crippen LogP contribution in [0.5, 0.6) is 0 Å². The second-order valence-corrected chi connectivity index (χ2v) is 7.70. The average Bonchev–Trinajstić information content (AvgIpc) is 3.24. The number of aryl methyl sites for hydroxylation is 3. The first kappa shape index (κ1) is 17.5. The molecule has 4 aromatic rings. The molecule has 0 bridgehead atoms. The average molecular weight is 376 g/mol. The topological polar surface area (TPSA) is 55.1 Å². The van der Waals surface area contributed by atoms with E-state index in [1.807, 2.05) is 30.5 Å². The van der Waals surface area contributed by atoms with E-state index in [1.54, 1.807) is 6.26 Å². The Balaban J connectivity index is 1.50. The maximum Gasteiger partial charge on any atom is 0.230 e. The highest BCUT2D eigenvalue weighted by Crippen LogP contribution is 2.28. The lowest BCUT2D eigenvalue weighted by molar-refractivity contribution is -0.115. The number of fused-ring (bicyclic) bond motifs is 1. The molecule has 0 atom stereocenters. The van der Waals surface area contributed by atoms with Crippen LogP contribution < -0.4 is 5.32 Å². The van der Waals surface area contributed by atoms with Crippen LogP contribution in [-0.2, 0) is 11.2 Å². The fraction of sp³-hybridized carbons (Fsp3) is 0.182. The highest BCUT2D eigenvalue weighted by atomic mass is 32.1. The van der Waals surface area contributed by atoms with E-state index >= 15 is 0 Å². The quantitative estimate of drug-likeness (QED) is 0.500. The Kier molecular flexibility index (Phi) is 4.54. The van der Waals surface area contributed by atoms with E-state index in [-0.39, 0.29) is 12.3 Å². The van der Waals surface area contributed by atoms with Crippen LogP contribution in [0.1, 0.15) is 22.3 Å². The van der Waals surface area contributed by atoms with Gasteiger partial charge in [-0.3, -0.25) is 4.79 Å². The van der Waals surface area contributed by atoms with Crippen molar-refractivity contribution in [2.45, 2.75) is 27.2 Å². The van der Waals surface area contributed by atoms with Crippen LogP contribution in [0.3, 0.4) is 0 Å². The van der Waals surface area contributed by atoms with Crippen LogP contribution in [0.15, 0.2) is 52.5 Å². The van der Waals surface area contributed by atoms with Crippen LogP contribution in [-0.4, -0.2) is 10.9 Å². The van der Waals surface area contributed by atoms with Crippen molar-refractivity contribution in [1.82, 2.24) is 4.98 Å². The molecule has 2 heterocycles. The molecule has 0 aliphatic heterocycles. The second-order valence-electron chi connectivity index (χ2n) is 6.84. The van der Waals surface area contributed by atoms with Gasteiger partial charge in [-0.1, -0.05) is 29.8 Å². The number of thiazole rings is 1. The molecule has 5 heteroatoms. The molecule has 0 spiro atoms. The Morgan fingerprint density at radius 2 is 1.89 bits per heavy atom. The first-order chi connectivity index (χ1) is 13.0. The summed E-state index contributed by atoms with van der Waals surface area (Å²) in [5, 5.41) is 6.48. The minimum absolute atomic E-state index is 0.0971. The molecule has 0 fully saturated rings. The molecule has 4 nitrogen and oxygen atoms in total. The van der Waals surface area contributed by atoms with Crippen LogP contribution >= 0.6 is 11.3 Å². The number of benzene rings is 2. The summed E-state index contributed by atoms with van der Waals surface area (Å²) in [6.45, 7) is 6.15. The number of furan rings is 1. The maximum atomic E-state index is 12.5. The molecule has 0 saturated carbocycles. The Bertz CT molecular complexity index is 1140. The van der Waals surface area contributed by atoms with Gasteiger partial charge in [0.1, 0.15) is 5.58 Å². The molecule has 1 amide bonds. The summed E-state index contributed by atoms with van der Waals surface area (Å²) in [6, 6.07) is 12.3. The first-order valence-electron chi connectivity index (χ1n) is 8.79. The summed E-state index contributed by atoms with van der Waals surface area (Å²) in [5.41, 5.74) is 7.18. The molecule has 0 unspecified atom stereocenters. The van der Waals surface area contributed by atoms with Gasteiger partial charge in [-0.25, -0.2) is 4.98 Å². The van der Waals surface area contributed by atoms with Crippen molar-refractivity contribution < 1.29 is 9.21 Å². The predicted molar refractivity (Wildman–Crippen MR) is 110 cm³/mol. The highest BCUT2D eigenvalue weighted by Gasteiger charge is 2.13. The Morgan fingerprint density at radius 3 is 2.74 bits per heavy atom. The SMILES string of the molecule is Cc1ccc(C)c(-c2csc(NC(=O)Cc3coc4cc(C)ccc34)n2)c1. The van der Waals surface area contributed by atoms with Crippen molar-refractivity contribution in [2.24, 2.45) is 0 Å². The van der Waals surface area contributed by atoms with Crippen molar-refractivity contribution in [2.75, 3.05) is 5.32 Å². The largest absolute Gasteiger partial charge is 0.464 e. The van der Waals surface area contributed by atoms with E-state index in [0.29, 0.717) is 5.13 Å². The summed E-state index contributed by atoms with van der Waals surface area (Å²) in [6.07, 6.45) is 1.92. The summed E-state index contributed by atoms with van der Waals surface area (Å²) < 4.78 is 5.57. The second kappa shape index (κ2) is 7.00. The van der Waals surface area contributed by atoms with Crippen molar-refractivity contribution in [3.63, 3.8) is 0 Å². The summed E-state index contributed by atoms with van der Waals surface area (Å²) >= 11 is 1.44. The number of hydrogen-bond acceptors (Lipinski definition) is 4. The minimum atomic E-state index is -0.0971. The van der Waals surface area contributed by atoms with Gasteiger partial charge < -0.3 is 9.73 Å². The van der Waals surface area contributed by atoms with Crippen molar-refractivity contribution in [1.29, 1.82) is 0 Å². The predicted octanol–water partition coefficient (Wildman–Crippen LogP) is 5.66. The summed E-state index contributed by atoms with van der Waals surface area (Å²) in [7, 11) is 0. The Hall–Kier alpha value is -2.92. The lowest BCUT2D eigenvalue weighted by atomic mass is 10.0. The van der Waals surface area contributed by atoms with Crippen molar-refractivity contribution >= 4 is 33.3 Å². The van der Waals surface area contributed by atoms with E-state index in [4.69, 9.17) is 4.42 Å². The number of carbonyl (C=O) groups is 1. The van der Waals surface area contributed by atoms with Crippen LogP contribution in [0.25, 0.3) is 22.2 Å². The zero-order valence-electron chi connectivity index (χ0n) is 15.5. The van der Waals surface area contributed by atoms with Gasteiger partial charge in [0.15, 0.2) is 5.13 Å². The van der Waals surface area contributed by atoms with Gasteiger partial charge in [0.05, 0.1) is 18.4 Å². The van der Waals surface area contributed by atoms with E-state index in [2.05, 4.69) is 42.3 Å². The van der Waals surface area contributed by atoms with Crippen molar-refractivity contribution in [3.05, 3.63) is 70.3 Å². The molecule has 2 aromatic heterocycles. The van der Waals surface area contributed by atoms with E-state index in [1.165, 1.54) is 22.5 Å². The number of rotatable bonds is 4. The number of hydrogen-bond donors (Lipinski definition) is 1. The van der Waals surface area contributed by atoms with Crippen LogP contribution in [0, 0.1) is 20.8 Å². The number of amides is 1. The summed E-state index contributed by atoms with van der Waals surface area (Å²) in [4.78, 5) is 17.1. The minimum Gasteiger partial charge on any atom is -0.464 e. The van der Waals surface area contributed by atoms with Gasteiger partial charge in [0.25, 0.3) is 0 Å². The number of anilines is 1. The lowest BCUT2D eigenvalue weighted by Crippen LogP contribution is -2.14. The molecule has 1 N–H and O–H groups in total. The number of aromatic nitrogens is 1. The van der Waals surface area contributed by atoms with Crippen LogP contribution in [0.2, 0.25) is 0 Å². The van der Waals surface area contributed by atoms with Crippen molar-refractivity contribution in [3.8, 4) is 11.3 Å². The third-order valence-electron chi connectivity index (χ3n) is 4.58. The summed E-state index contributed by atoms with van der Waals surface area (Å²) in [5.74, 6) is -0.0971. The molecular weight excluding hydrogens is 356 g/mol. The molecule has 0 saturated heterocycles. The van der Waals surface area contributed by atoms with E-state index < -0.39 is 0 Å². The fourth-order valence-electron chi connectivity index (χ4n) is 3.13. The van der Waals surface area contributed by atoms with Gasteiger partial charge in [-0.05, 0) is 44.0 Å². The molecule has 0 aliphatic rings. The van der Waals surface area contributed by atoms with Gasteiger partial charge in [-0.2, -0.15) is 0 Å². The molecule has 0 radical (unpaired) electrons. The van der Waals surface area contributed by atoms with Gasteiger partial charge >= 0.3 is 0 Å². The lowest BCUT2D eigenvalue weighted by Gasteiger charge is -2.04. The fourth-order valence-corrected chi connectivity index (χ4v) is 3.86. The molecule has 2 aromatic carbocycles. The van der Waals surface area contributed by atoms with Gasteiger partial charge in [-0.15, -0.1) is 11.3 Å². The normalized spacial score (nSPS) is 11.1. The maximum absolute atomic E-state index is 12.5. The third-order valence-corrected chi connectivity index (χ3v) is 5.34. The highest BCUT2D eigenvalue weighted by molar-refractivity contribution is 7.14. The molecule has 4 rings (SSSR count). The molecule has 136 valence electrons. The zero-order valence-corrected chi connectivity index (χ0v) is 16.3. The van der Waals surface area contributed by atoms with Crippen LogP contribution in [0.4, 0.5) is 5.13 Å². The number of carbonyl (C=O) groups excluding carboxylic acids is 1. The molecule has 0 aliphatic carbocycles. The van der Waals surface area contributed by atoms with E-state index in [0.717, 1.165) is 33.4 Å². The van der Waals surface area contributed by atoms with Gasteiger partial charge in [0, 0.05) is 21.9 Å². The smallest absolute Gasteiger partial charge is 0.230 e. The molecule has 27 heavy (non-hydrogen) atoms. The third kappa shape index (κ3) is 3.64. The Labute approximate surface area is 161 Å². The Morgan fingerprint density at radius 1 is 1.11 bits per heavy atom. The number of nitrogens with one attached hydrogen (secondary N) is 1. The molecular formula is C22H20N2O2S. The van der Waals surface area contributed by atoms with E-state index in [9.17, 15) is 4.79 Å².